The van der Waals surface area contributed by atoms with Gasteiger partial charge in [0, 0.05) is 45.4 Å². The van der Waals surface area contributed by atoms with Gasteiger partial charge in [-0.05, 0) is 6.92 Å². The zero-order chi connectivity index (χ0) is 10.2. The molecule has 0 amide bonds. The first-order chi connectivity index (χ1) is 6.84. The fourth-order valence-electron chi connectivity index (χ4n) is 1.24. The highest BCUT2D eigenvalue weighted by atomic mass is 15.0. The van der Waals surface area contributed by atoms with Gasteiger partial charge in [-0.15, -0.1) is 11.8 Å². The second kappa shape index (κ2) is 6.22. The molecule has 1 aromatic rings. The first-order valence-electron chi connectivity index (χ1n) is 4.91. The Morgan fingerprint density at radius 1 is 1.50 bits per heavy atom. The molecule has 0 aromatic carbocycles. The number of hydrogen-bond donors (Lipinski definition) is 1. The summed E-state index contributed by atoms with van der Waals surface area (Å²) in [5.41, 5.74) is 0. The van der Waals surface area contributed by atoms with E-state index in [9.17, 15) is 0 Å². The van der Waals surface area contributed by atoms with Crippen molar-refractivity contribution in [3.8, 4) is 11.8 Å². The number of nitrogens with one attached hydrogen (secondary N) is 1. The normalized spacial score (nSPS) is 9.57. The van der Waals surface area contributed by atoms with Crippen LogP contribution in [0.4, 0.5) is 0 Å². The lowest BCUT2D eigenvalue weighted by atomic mass is 10.3. The van der Waals surface area contributed by atoms with Gasteiger partial charge < -0.3 is 9.88 Å². The summed E-state index contributed by atoms with van der Waals surface area (Å²) < 4.78 is 2.05. The Bertz CT molecular complexity index is 317. The molecule has 1 aromatic heterocycles. The molecule has 1 N–H and O–H groups in total. The summed E-state index contributed by atoms with van der Waals surface area (Å²) >= 11 is 0. The van der Waals surface area contributed by atoms with Crippen LogP contribution in [-0.4, -0.2) is 22.6 Å². The highest BCUT2D eigenvalue weighted by Gasteiger charge is 1.96. The fraction of sp³-hybridized carbons (Fsp3) is 0.545. The van der Waals surface area contributed by atoms with Crippen LogP contribution < -0.4 is 5.32 Å². The molecule has 0 spiro atoms. The van der Waals surface area contributed by atoms with Crippen LogP contribution in [0.5, 0.6) is 0 Å². The Kier molecular flexibility index (Phi) is 4.81. The summed E-state index contributed by atoms with van der Waals surface area (Å²) in [6, 6.07) is 0. The maximum atomic E-state index is 4.24. The minimum absolute atomic E-state index is 0.928. The van der Waals surface area contributed by atoms with E-state index in [2.05, 4.69) is 22.1 Å². The second-order valence-corrected chi connectivity index (χ2v) is 3.13. The van der Waals surface area contributed by atoms with Crippen molar-refractivity contribution >= 4 is 0 Å². The lowest BCUT2D eigenvalue weighted by Gasteiger charge is -2.02. The molecular weight excluding hydrogens is 174 g/mol. The van der Waals surface area contributed by atoms with E-state index in [1.807, 2.05) is 30.9 Å². The number of nitrogens with zero attached hydrogens (tertiary/aromatic N) is 2. The average Bonchev–Trinajstić information content (AvgIpc) is 2.58. The van der Waals surface area contributed by atoms with Crippen LogP contribution in [-0.2, 0) is 13.5 Å². The Morgan fingerprint density at radius 3 is 3.00 bits per heavy atom. The summed E-state index contributed by atoms with van der Waals surface area (Å²) in [6.07, 6.45) is 5.70. The lowest BCUT2D eigenvalue weighted by Crippen LogP contribution is -2.19. The van der Waals surface area contributed by atoms with Crippen LogP contribution in [0, 0.1) is 11.8 Å². The molecule has 0 saturated carbocycles. The number of aryl methyl sites for hydroxylation is 1. The monoisotopic (exact) mass is 191 g/mol. The molecule has 0 aliphatic rings. The van der Waals surface area contributed by atoms with E-state index in [0.29, 0.717) is 0 Å². The molecule has 0 atom stereocenters. The highest BCUT2D eigenvalue weighted by molar-refractivity contribution is 4.95. The first-order valence-corrected chi connectivity index (χ1v) is 4.91. The minimum Gasteiger partial charge on any atom is -0.338 e. The fourth-order valence-corrected chi connectivity index (χ4v) is 1.24. The van der Waals surface area contributed by atoms with Gasteiger partial charge >= 0.3 is 0 Å². The van der Waals surface area contributed by atoms with E-state index in [1.165, 1.54) is 0 Å². The second-order valence-electron chi connectivity index (χ2n) is 3.13. The van der Waals surface area contributed by atoms with Crippen molar-refractivity contribution in [1.82, 2.24) is 14.9 Å². The maximum absolute atomic E-state index is 4.24. The quantitative estimate of drug-likeness (QED) is 0.555. The van der Waals surface area contributed by atoms with Crippen LogP contribution >= 0.6 is 0 Å². The number of hydrogen-bond acceptors (Lipinski definition) is 2. The molecular formula is C11H17N3. The molecule has 3 heteroatoms. The van der Waals surface area contributed by atoms with Crippen LogP contribution in [0.1, 0.15) is 19.2 Å². The standard InChI is InChI=1S/C11H17N3/c1-3-4-5-7-12-8-6-11-13-9-10-14(11)2/h9-10,12H,5-8H2,1-2H3. The third kappa shape index (κ3) is 3.63. The molecule has 0 saturated heterocycles. The Balaban J connectivity index is 2.09. The third-order valence-electron chi connectivity index (χ3n) is 2.05. The van der Waals surface area contributed by atoms with Crippen molar-refractivity contribution in [2.75, 3.05) is 13.1 Å². The minimum atomic E-state index is 0.928. The van der Waals surface area contributed by atoms with E-state index in [4.69, 9.17) is 0 Å². The van der Waals surface area contributed by atoms with Gasteiger partial charge in [-0.3, -0.25) is 0 Å². The van der Waals surface area contributed by atoms with Crippen molar-refractivity contribution in [3.63, 3.8) is 0 Å². The van der Waals surface area contributed by atoms with Gasteiger partial charge in [0.15, 0.2) is 0 Å². The molecule has 0 aliphatic carbocycles. The van der Waals surface area contributed by atoms with Gasteiger partial charge in [-0.1, -0.05) is 0 Å². The van der Waals surface area contributed by atoms with Crippen LogP contribution in [0.3, 0.4) is 0 Å². The molecule has 0 fully saturated rings. The van der Waals surface area contributed by atoms with Gasteiger partial charge in [0.05, 0.1) is 0 Å². The van der Waals surface area contributed by atoms with E-state index in [0.717, 1.165) is 31.8 Å². The van der Waals surface area contributed by atoms with Crippen molar-refractivity contribution in [1.29, 1.82) is 0 Å². The Hall–Kier alpha value is -1.27. The summed E-state index contributed by atoms with van der Waals surface area (Å²) in [4.78, 5) is 4.24. The topological polar surface area (TPSA) is 29.9 Å². The van der Waals surface area contributed by atoms with Gasteiger partial charge in [0.2, 0.25) is 0 Å². The molecule has 76 valence electrons. The summed E-state index contributed by atoms with van der Waals surface area (Å²) in [7, 11) is 2.02. The summed E-state index contributed by atoms with van der Waals surface area (Å²) in [5, 5.41) is 3.33. The SMILES string of the molecule is CC#CCCNCCc1nccn1C. The van der Waals surface area contributed by atoms with Crippen LogP contribution in [0.25, 0.3) is 0 Å². The molecule has 0 bridgehead atoms. The van der Waals surface area contributed by atoms with Crippen molar-refractivity contribution in [3.05, 3.63) is 18.2 Å². The lowest BCUT2D eigenvalue weighted by molar-refractivity contribution is 0.661. The van der Waals surface area contributed by atoms with Gasteiger partial charge in [0.1, 0.15) is 5.82 Å². The summed E-state index contributed by atoms with van der Waals surface area (Å²) in [6.45, 7) is 3.80. The molecule has 0 aliphatic heterocycles. The van der Waals surface area contributed by atoms with Crippen LogP contribution in [0.2, 0.25) is 0 Å². The summed E-state index contributed by atoms with van der Waals surface area (Å²) in [5.74, 6) is 7.02. The Labute approximate surface area is 85.5 Å². The van der Waals surface area contributed by atoms with E-state index in [-0.39, 0.29) is 0 Å². The molecule has 0 unspecified atom stereocenters. The molecule has 1 rings (SSSR count). The predicted octanol–water partition coefficient (Wildman–Crippen LogP) is 0.966. The molecule has 0 radical (unpaired) electrons. The predicted molar refractivity (Wildman–Crippen MR) is 57.8 cm³/mol. The highest BCUT2D eigenvalue weighted by Crippen LogP contribution is 1.93. The van der Waals surface area contributed by atoms with Crippen molar-refractivity contribution < 1.29 is 0 Å². The number of rotatable bonds is 5. The van der Waals surface area contributed by atoms with Crippen molar-refractivity contribution in [2.24, 2.45) is 7.05 Å². The average molecular weight is 191 g/mol. The molecule has 1 heterocycles. The van der Waals surface area contributed by atoms with Crippen molar-refractivity contribution in [2.45, 2.75) is 19.8 Å². The molecule has 14 heavy (non-hydrogen) atoms. The largest absolute Gasteiger partial charge is 0.338 e. The Morgan fingerprint density at radius 2 is 2.36 bits per heavy atom. The molecule has 3 nitrogen and oxygen atoms in total. The van der Waals surface area contributed by atoms with Crippen LogP contribution in [0.15, 0.2) is 12.4 Å². The van der Waals surface area contributed by atoms with Gasteiger partial charge in [0.25, 0.3) is 0 Å². The smallest absolute Gasteiger partial charge is 0.109 e. The zero-order valence-corrected chi connectivity index (χ0v) is 8.88. The zero-order valence-electron chi connectivity index (χ0n) is 8.88. The van der Waals surface area contributed by atoms with E-state index >= 15 is 0 Å². The number of imidazole rings is 1. The van der Waals surface area contributed by atoms with E-state index < -0.39 is 0 Å². The van der Waals surface area contributed by atoms with E-state index in [1.54, 1.807) is 0 Å². The van der Waals surface area contributed by atoms with Gasteiger partial charge in [-0.25, -0.2) is 4.98 Å². The van der Waals surface area contributed by atoms with Gasteiger partial charge in [-0.2, -0.15) is 0 Å². The third-order valence-corrected chi connectivity index (χ3v) is 2.05. The number of aromatic nitrogens is 2. The maximum Gasteiger partial charge on any atom is 0.109 e. The first kappa shape index (κ1) is 10.8.